The van der Waals surface area contributed by atoms with Gasteiger partial charge in [-0.15, -0.1) is 0 Å². The molecule has 3 aromatic rings. The molecule has 6 heteroatoms. The molecule has 0 spiro atoms. The molecule has 0 N–H and O–H groups in total. The zero-order valence-corrected chi connectivity index (χ0v) is 28.0. The summed E-state index contributed by atoms with van der Waals surface area (Å²) in [7, 11) is 3.48. The average molecular weight is 615 g/mol. The zero-order valence-electron chi connectivity index (χ0n) is 26.4. The lowest BCUT2D eigenvalue weighted by molar-refractivity contribution is 0.0382. The van der Waals surface area contributed by atoms with E-state index in [4.69, 9.17) is 21.7 Å². The normalized spacial score (nSPS) is 23.2. The maximum atomic E-state index is 6.21. The van der Waals surface area contributed by atoms with Crippen LogP contribution in [-0.4, -0.2) is 48.0 Å². The molecular weight excluding hydrogens is 569 g/mol. The number of aryl methyl sites for hydroxylation is 2. The monoisotopic (exact) mass is 614 g/mol. The highest BCUT2D eigenvalue weighted by molar-refractivity contribution is 8.22. The van der Waals surface area contributed by atoms with Crippen LogP contribution in [0.2, 0.25) is 0 Å². The van der Waals surface area contributed by atoms with E-state index in [1.807, 2.05) is 0 Å². The van der Waals surface area contributed by atoms with Crippen LogP contribution >= 0.6 is 24.0 Å². The van der Waals surface area contributed by atoms with Crippen molar-refractivity contribution in [3.05, 3.63) is 93.5 Å². The Balaban J connectivity index is 1.32. The summed E-state index contributed by atoms with van der Waals surface area (Å²) in [6, 6.07) is 20.8. The summed E-state index contributed by atoms with van der Waals surface area (Å²) in [4.78, 5) is 5.33. The van der Waals surface area contributed by atoms with Crippen LogP contribution in [-0.2, 0) is 18.6 Å². The van der Waals surface area contributed by atoms with Crippen LogP contribution in [0.5, 0.6) is 11.5 Å². The van der Waals surface area contributed by atoms with E-state index in [0.717, 1.165) is 41.0 Å². The maximum Gasteiger partial charge on any atom is 0.161 e. The quantitative estimate of drug-likeness (QED) is 0.248. The Bertz CT molecular complexity index is 1460. The van der Waals surface area contributed by atoms with Crippen molar-refractivity contribution >= 4 is 28.3 Å². The summed E-state index contributed by atoms with van der Waals surface area (Å²) < 4.78 is 12.6. The molecule has 0 saturated carbocycles. The van der Waals surface area contributed by atoms with Crippen LogP contribution < -0.4 is 9.47 Å². The molecule has 1 saturated heterocycles. The first-order valence-electron chi connectivity index (χ1n) is 16.0. The lowest BCUT2D eigenvalue weighted by Crippen LogP contribution is -2.47. The number of hydrogen-bond acceptors (Lipinski definition) is 5. The number of piperidine rings is 1. The number of benzene rings is 3. The molecule has 4 unspecified atom stereocenters. The van der Waals surface area contributed by atoms with Crippen LogP contribution in [0, 0.1) is 25.7 Å². The average Bonchev–Trinajstić information content (AvgIpc) is 3.03. The molecule has 4 nitrogen and oxygen atoms in total. The first-order valence-corrected chi connectivity index (χ1v) is 17.4. The van der Waals surface area contributed by atoms with E-state index < -0.39 is 0 Å². The van der Waals surface area contributed by atoms with Crippen molar-refractivity contribution in [2.45, 2.75) is 70.7 Å². The molecule has 6 rings (SSSR count). The van der Waals surface area contributed by atoms with Gasteiger partial charge in [0.2, 0.25) is 0 Å². The number of thioether (sulfide) groups is 1. The SMILES string of the molecule is CCC1CN2CCc3cc(C)c(C)cc3C2CC1CC1c2cc(OC)c(OC)cc2CCN1C(=S)SCc1ccccc1. The van der Waals surface area contributed by atoms with Crippen LogP contribution in [0.1, 0.15) is 77.2 Å². The third kappa shape index (κ3) is 6.21. The largest absolute Gasteiger partial charge is 0.493 e. The predicted octanol–water partition coefficient (Wildman–Crippen LogP) is 8.47. The Morgan fingerprint density at radius 1 is 0.884 bits per heavy atom. The molecule has 4 atom stereocenters. The lowest BCUT2D eigenvalue weighted by Gasteiger charge is -2.49. The zero-order chi connectivity index (χ0) is 30.1. The number of thiocarbonyl (C=S) groups is 1. The van der Waals surface area contributed by atoms with Gasteiger partial charge in [-0.3, -0.25) is 4.90 Å². The van der Waals surface area contributed by atoms with Crippen molar-refractivity contribution in [3.63, 3.8) is 0 Å². The maximum absolute atomic E-state index is 6.21. The Morgan fingerprint density at radius 2 is 1.58 bits per heavy atom. The molecule has 1 fully saturated rings. The van der Waals surface area contributed by atoms with E-state index >= 15 is 0 Å². The fourth-order valence-corrected chi connectivity index (χ4v) is 9.07. The molecule has 0 radical (unpaired) electrons. The fraction of sp³-hybridized carbons (Fsp3) is 0.486. The highest BCUT2D eigenvalue weighted by atomic mass is 32.2. The minimum atomic E-state index is 0.229. The summed E-state index contributed by atoms with van der Waals surface area (Å²) in [6.07, 6.45) is 5.67. The summed E-state index contributed by atoms with van der Waals surface area (Å²) >= 11 is 8.02. The van der Waals surface area contributed by atoms with Crippen LogP contribution in [0.25, 0.3) is 0 Å². The van der Waals surface area contributed by atoms with Gasteiger partial charge in [-0.2, -0.15) is 0 Å². The topological polar surface area (TPSA) is 24.9 Å². The molecule has 3 heterocycles. The van der Waals surface area contributed by atoms with Crippen molar-refractivity contribution in [2.75, 3.05) is 33.9 Å². The Hall–Kier alpha value is -2.54. The van der Waals surface area contributed by atoms with E-state index in [0.29, 0.717) is 17.9 Å². The van der Waals surface area contributed by atoms with Gasteiger partial charge in [0.1, 0.15) is 4.32 Å². The van der Waals surface area contributed by atoms with Crippen LogP contribution in [0.3, 0.4) is 0 Å². The molecule has 228 valence electrons. The van der Waals surface area contributed by atoms with Gasteiger partial charge >= 0.3 is 0 Å². The standard InChI is InChI=1S/C37H46N2O2S2/c1-6-27-22-38-14-12-28-16-24(2)25(3)17-31(28)33(38)18-30(27)19-34-32-21-36(41-5)35(40-4)20-29(32)13-15-39(34)37(42)43-23-26-10-8-7-9-11-26/h7-11,16-17,20-21,27,30,33-34H,6,12-15,18-19,22-23H2,1-5H3. The second-order valence-electron chi connectivity index (χ2n) is 12.7. The van der Waals surface area contributed by atoms with Gasteiger partial charge in [0, 0.05) is 31.4 Å². The number of rotatable bonds is 7. The molecule has 3 aliphatic rings. The number of methoxy groups -OCH3 is 2. The first kappa shape index (κ1) is 30.5. The van der Waals surface area contributed by atoms with Gasteiger partial charge in [0.15, 0.2) is 11.5 Å². The Morgan fingerprint density at radius 3 is 2.33 bits per heavy atom. The van der Waals surface area contributed by atoms with E-state index in [2.05, 4.69) is 85.2 Å². The molecule has 0 bridgehead atoms. The Labute approximate surface area is 268 Å². The molecular formula is C37H46N2O2S2. The van der Waals surface area contributed by atoms with Crippen molar-refractivity contribution in [3.8, 4) is 11.5 Å². The van der Waals surface area contributed by atoms with Gasteiger partial charge in [-0.05, 0) is 102 Å². The van der Waals surface area contributed by atoms with E-state index in [9.17, 15) is 0 Å². The number of hydrogen-bond donors (Lipinski definition) is 0. The third-order valence-electron chi connectivity index (χ3n) is 10.4. The second kappa shape index (κ2) is 13.2. The van der Waals surface area contributed by atoms with Gasteiger partial charge in [-0.1, -0.05) is 79.8 Å². The lowest BCUT2D eigenvalue weighted by atomic mass is 9.72. The first-order chi connectivity index (χ1) is 20.9. The number of ether oxygens (including phenoxy) is 2. The van der Waals surface area contributed by atoms with Crippen LogP contribution in [0.4, 0.5) is 0 Å². The highest BCUT2D eigenvalue weighted by Crippen LogP contribution is 2.48. The van der Waals surface area contributed by atoms with Crippen molar-refractivity contribution in [2.24, 2.45) is 11.8 Å². The van der Waals surface area contributed by atoms with Crippen molar-refractivity contribution in [1.29, 1.82) is 0 Å². The predicted molar refractivity (Wildman–Crippen MR) is 183 cm³/mol. The van der Waals surface area contributed by atoms with Crippen molar-refractivity contribution in [1.82, 2.24) is 9.80 Å². The molecule has 0 amide bonds. The molecule has 0 aliphatic carbocycles. The highest BCUT2D eigenvalue weighted by Gasteiger charge is 2.41. The summed E-state index contributed by atoms with van der Waals surface area (Å²) in [5.41, 5.74) is 10.0. The minimum Gasteiger partial charge on any atom is -0.493 e. The summed E-state index contributed by atoms with van der Waals surface area (Å²) in [5.74, 6) is 3.83. The second-order valence-corrected chi connectivity index (χ2v) is 14.3. The van der Waals surface area contributed by atoms with E-state index in [1.165, 1.54) is 60.2 Å². The van der Waals surface area contributed by atoms with E-state index in [1.54, 1.807) is 37.1 Å². The number of nitrogens with zero attached hydrogens (tertiary/aromatic N) is 2. The summed E-state index contributed by atoms with van der Waals surface area (Å²) in [5, 5.41) is 0. The Kier molecular flexibility index (Phi) is 9.37. The summed E-state index contributed by atoms with van der Waals surface area (Å²) in [6.45, 7) is 10.2. The van der Waals surface area contributed by atoms with Gasteiger partial charge < -0.3 is 14.4 Å². The molecule has 3 aromatic carbocycles. The minimum absolute atomic E-state index is 0.229. The van der Waals surface area contributed by atoms with Gasteiger partial charge in [-0.25, -0.2) is 0 Å². The van der Waals surface area contributed by atoms with Gasteiger partial charge in [0.25, 0.3) is 0 Å². The molecule has 43 heavy (non-hydrogen) atoms. The number of fused-ring (bicyclic) bond motifs is 4. The van der Waals surface area contributed by atoms with Gasteiger partial charge in [0.05, 0.1) is 20.3 Å². The van der Waals surface area contributed by atoms with Crippen molar-refractivity contribution < 1.29 is 9.47 Å². The van der Waals surface area contributed by atoms with E-state index in [-0.39, 0.29) is 6.04 Å². The molecule has 3 aliphatic heterocycles. The smallest absolute Gasteiger partial charge is 0.161 e. The third-order valence-corrected chi connectivity index (χ3v) is 11.9. The molecule has 0 aromatic heterocycles. The fourth-order valence-electron chi connectivity index (χ4n) is 7.81. The van der Waals surface area contributed by atoms with Crippen LogP contribution in [0.15, 0.2) is 54.6 Å².